The molecule has 0 aliphatic rings. The number of carbonyl (C=O) groups excluding carboxylic acids is 1. The Balaban J connectivity index is 2.04. The number of halogens is 1. The third-order valence-electron chi connectivity index (χ3n) is 4.78. The number of nitrogens with one attached hydrogen (secondary N) is 1. The maximum Gasteiger partial charge on any atom is 0.257 e. The van der Waals surface area contributed by atoms with Crippen LogP contribution in [0.5, 0.6) is 0 Å². The molecule has 4 aromatic rings. The topological polar surface area (TPSA) is 85.8 Å². The Morgan fingerprint density at radius 1 is 1.18 bits per heavy atom. The van der Waals surface area contributed by atoms with Crippen molar-refractivity contribution >= 4 is 49.9 Å². The number of hydrogen-bond acceptors (Lipinski definition) is 4. The Morgan fingerprint density at radius 3 is 2.57 bits per heavy atom. The molecule has 4 rings (SSSR count). The van der Waals surface area contributed by atoms with Crippen molar-refractivity contribution < 1.29 is 4.79 Å². The Labute approximate surface area is 170 Å². The normalized spacial score (nSPS) is 12.4. The molecule has 0 fully saturated rings. The van der Waals surface area contributed by atoms with E-state index >= 15 is 0 Å². The molecule has 28 heavy (non-hydrogen) atoms. The van der Waals surface area contributed by atoms with Gasteiger partial charge in [-0.2, -0.15) is 0 Å². The van der Waals surface area contributed by atoms with Gasteiger partial charge in [0.1, 0.15) is 16.9 Å². The highest BCUT2D eigenvalue weighted by Crippen LogP contribution is 2.31. The van der Waals surface area contributed by atoms with E-state index < -0.39 is 0 Å². The fraction of sp³-hybridized carbons (Fsp3) is 0.190. The third-order valence-corrected chi connectivity index (χ3v) is 5.27. The molecule has 0 radical (unpaired) electrons. The second-order valence-corrected chi connectivity index (χ2v) is 7.66. The van der Waals surface area contributed by atoms with Gasteiger partial charge in [0.25, 0.3) is 5.91 Å². The lowest BCUT2D eigenvalue weighted by Gasteiger charge is -2.11. The molecule has 1 amide bonds. The Hall–Kier alpha value is -2.93. The average Bonchev–Trinajstić information content (AvgIpc) is 2.96. The number of amides is 1. The fourth-order valence-electron chi connectivity index (χ4n) is 3.16. The van der Waals surface area contributed by atoms with Crippen molar-refractivity contribution in [3.05, 3.63) is 58.6 Å². The van der Waals surface area contributed by atoms with E-state index in [0.717, 1.165) is 27.6 Å². The van der Waals surface area contributed by atoms with Gasteiger partial charge >= 0.3 is 0 Å². The van der Waals surface area contributed by atoms with E-state index in [4.69, 9.17) is 15.7 Å². The van der Waals surface area contributed by atoms with Crippen LogP contribution in [0.15, 0.2) is 53.0 Å². The van der Waals surface area contributed by atoms with Gasteiger partial charge in [0.05, 0.1) is 16.7 Å². The number of aromatic nitrogens is 3. The number of nitrogen functional groups attached to an aromatic ring is 1. The minimum Gasteiger partial charge on any atom is -0.384 e. The number of hydrogen-bond donors (Lipinski definition) is 2. The van der Waals surface area contributed by atoms with Gasteiger partial charge in [0.15, 0.2) is 5.65 Å². The van der Waals surface area contributed by atoms with Crippen LogP contribution in [0.2, 0.25) is 0 Å². The molecule has 142 valence electrons. The maximum atomic E-state index is 13.0. The summed E-state index contributed by atoms with van der Waals surface area (Å²) < 4.78 is 2.69. The van der Waals surface area contributed by atoms with E-state index in [9.17, 15) is 4.79 Å². The first-order valence-corrected chi connectivity index (χ1v) is 9.92. The molecule has 0 saturated carbocycles. The summed E-state index contributed by atoms with van der Waals surface area (Å²) in [6.07, 6.45) is 0.824. The first-order chi connectivity index (χ1) is 13.5. The summed E-state index contributed by atoms with van der Waals surface area (Å²) in [5.74, 6) is 0.0828. The van der Waals surface area contributed by atoms with E-state index in [2.05, 4.69) is 21.2 Å². The molecule has 0 aliphatic carbocycles. The highest BCUT2D eigenvalue weighted by atomic mass is 79.9. The lowest BCUT2D eigenvalue weighted by Crippen LogP contribution is -2.32. The predicted molar refractivity (Wildman–Crippen MR) is 116 cm³/mol. The number of rotatable bonds is 4. The molecule has 3 N–H and O–H groups in total. The SMILES string of the molecule is CCC(C)NC(=O)c1c(N)n(-c2cccc(Br)c2)c2nc3ccccc3nc12. The number of benzene rings is 2. The molecule has 1 atom stereocenters. The van der Waals surface area contributed by atoms with Crippen LogP contribution in [0, 0.1) is 0 Å². The van der Waals surface area contributed by atoms with Crippen LogP contribution in [-0.2, 0) is 0 Å². The van der Waals surface area contributed by atoms with Crippen LogP contribution in [0.1, 0.15) is 30.6 Å². The Bertz CT molecular complexity index is 1200. The van der Waals surface area contributed by atoms with Gasteiger partial charge in [-0.05, 0) is 43.7 Å². The number of anilines is 1. The van der Waals surface area contributed by atoms with E-state index in [1.54, 1.807) is 4.57 Å². The van der Waals surface area contributed by atoms with E-state index in [1.165, 1.54) is 0 Å². The summed E-state index contributed by atoms with van der Waals surface area (Å²) >= 11 is 3.50. The molecule has 2 aromatic heterocycles. The van der Waals surface area contributed by atoms with Crippen LogP contribution < -0.4 is 11.1 Å². The van der Waals surface area contributed by atoms with Crippen LogP contribution >= 0.6 is 15.9 Å². The summed E-state index contributed by atoms with van der Waals surface area (Å²) in [5.41, 5.74) is 10.2. The van der Waals surface area contributed by atoms with E-state index in [1.807, 2.05) is 62.4 Å². The van der Waals surface area contributed by atoms with Crippen molar-refractivity contribution in [2.45, 2.75) is 26.3 Å². The molecule has 0 saturated heterocycles. The van der Waals surface area contributed by atoms with Gasteiger partial charge in [0, 0.05) is 10.5 Å². The quantitative estimate of drug-likeness (QED) is 0.493. The number of nitrogens with zero attached hydrogens (tertiary/aromatic N) is 3. The zero-order valence-corrected chi connectivity index (χ0v) is 17.2. The molecule has 6 nitrogen and oxygen atoms in total. The molecule has 2 aromatic carbocycles. The molecule has 0 bridgehead atoms. The summed E-state index contributed by atoms with van der Waals surface area (Å²) in [6, 6.07) is 15.3. The number of para-hydroxylation sites is 2. The van der Waals surface area contributed by atoms with Crippen molar-refractivity contribution in [3.63, 3.8) is 0 Å². The number of fused-ring (bicyclic) bond motifs is 2. The standard InChI is InChI=1S/C21H20BrN5O/c1-3-12(2)24-21(28)17-18-20(26-16-10-5-4-9-15(16)25-18)27(19(17)23)14-8-6-7-13(22)11-14/h4-12H,3,23H2,1-2H3,(H,24,28). The maximum absolute atomic E-state index is 13.0. The molecule has 0 aliphatic heterocycles. The van der Waals surface area contributed by atoms with E-state index in [0.29, 0.717) is 22.5 Å². The Kier molecular flexibility index (Phi) is 4.77. The minimum absolute atomic E-state index is 0.0320. The minimum atomic E-state index is -0.241. The molecule has 0 spiro atoms. The van der Waals surface area contributed by atoms with Crippen LogP contribution in [0.25, 0.3) is 27.9 Å². The van der Waals surface area contributed by atoms with Gasteiger partial charge < -0.3 is 11.1 Å². The van der Waals surface area contributed by atoms with Gasteiger partial charge in [-0.3, -0.25) is 9.36 Å². The van der Waals surface area contributed by atoms with Crippen LogP contribution in [0.4, 0.5) is 5.82 Å². The zero-order chi connectivity index (χ0) is 19.8. The second kappa shape index (κ2) is 7.24. The molecule has 7 heteroatoms. The van der Waals surface area contributed by atoms with Crippen molar-refractivity contribution in [2.24, 2.45) is 0 Å². The molecule has 1 unspecified atom stereocenters. The molecular formula is C21H20BrN5O. The molecule has 2 heterocycles. The lowest BCUT2D eigenvalue weighted by molar-refractivity contribution is 0.0941. The smallest absolute Gasteiger partial charge is 0.257 e. The number of carbonyl (C=O) groups is 1. The van der Waals surface area contributed by atoms with E-state index in [-0.39, 0.29) is 11.9 Å². The van der Waals surface area contributed by atoms with Crippen LogP contribution in [-0.4, -0.2) is 26.5 Å². The van der Waals surface area contributed by atoms with Crippen molar-refractivity contribution in [1.82, 2.24) is 19.9 Å². The average molecular weight is 438 g/mol. The summed E-state index contributed by atoms with van der Waals surface area (Å²) in [4.78, 5) is 22.5. The second-order valence-electron chi connectivity index (χ2n) is 6.74. The summed E-state index contributed by atoms with van der Waals surface area (Å²) in [5, 5.41) is 2.99. The van der Waals surface area contributed by atoms with Crippen molar-refractivity contribution in [3.8, 4) is 5.69 Å². The molecular weight excluding hydrogens is 418 g/mol. The zero-order valence-electron chi connectivity index (χ0n) is 15.6. The monoisotopic (exact) mass is 437 g/mol. The third kappa shape index (κ3) is 3.11. The lowest BCUT2D eigenvalue weighted by atomic mass is 10.2. The first-order valence-electron chi connectivity index (χ1n) is 9.13. The summed E-state index contributed by atoms with van der Waals surface area (Å²) in [7, 11) is 0. The predicted octanol–water partition coefficient (Wildman–Crippen LogP) is 4.45. The highest BCUT2D eigenvalue weighted by Gasteiger charge is 2.25. The van der Waals surface area contributed by atoms with Crippen molar-refractivity contribution in [2.75, 3.05) is 5.73 Å². The van der Waals surface area contributed by atoms with Gasteiger partial charge in [-0.1, -0.05) is 41.1 Å². The fourth-order valence-corrected chi connectivity index (χ4v) is 3.55. The Morgan fingerprint density at radius 2 is 1.89 bits per heavy atom. The largest absolute Gasteiger partial charge is 0.384 e. The van der Waals surface area contributed by atoms with Crippen molar-refractivity contribution in [1.29, 1.82) is 0 Å². The van der Waals surface area contributed by atoms with Crippen LogP contribution in [0.3, 0.4) is 0 Å². The van der Waals surface area contributed by atoms with Gasteiger partial charge in [-0.15, -0.1) is 0 Å². The highest BCUT2D eigenvalue weighted by molar-refractivity contribution is 9.10. The van der Waals surface area contributed by atoms with Gasteiger partial charge in [0.2, 0.25) is 0 Å². The number of nitrogens with two attached hydrogens (primary N) is 1. The first kappa shape index (κ1) is 18.4. The van der Waals surface area contributed by atoms with Gasteiger partial charge in [-0.25, -0.2) is 9.97 Å². The summed E-state index contributed by atoms with van der Waals surface area (Å²) in [6.45, 7) is 3.98.